The Morgan fingerprint density at radius 2 is 1.90 bits per heavy atom. The van der Waals surface area contributed by atoms with Crippen molar-refractivity contribution < 1.29 is 4.79 Å². The summed E-state index contributed by atoms with van der Waals surface area (Å²) in [6, 6.07) is 5.92. The molecule has 0 radical (unpaired) electrons. The summed E-state index contributed by atoms with van der Waals surface area (Å²) < 4.78 is 0. The van der Waals surface area contributed by atoms with E-state index in [9.17, 15) is 4.79 Å². The van der Waals surface area contributed by atoms with E-state index >= 15 is 0 Å². The molecule has 0 bridgehead atoms. The number of nitrogens with zero attached hydrogens (tertiary/aromatic N) is 3. The molecule has 0 fully saturated rings. The normalized spacial score (nSPS) is 10.3. The van der Waals surface area contributed by atoms with Crippen LogP contribution < -0.4 is 10.2 Å². The monoisotopic (exact) mass is 284 g/mol. The Hall–Kier alpha value is -2.43. The van der Waals surface area contributed by atoms with Crippen LogP contribution in [0.4, 0.5) is 11.6 Å². The maximum atomic E-state index is 12.3. The highest BCUT2D eigenvalue weighted by atomic mass is 16.1. The van der Waals surface area contributed by atoms with Crippen LogP contribution in [0.25, 0.3) is 0 Å². The fourth-order valence-electron chi connectivity index (χ4n) is 2.04. The average Bonchev–Trinajstić information content (AvgIpc) is 2.41. The number of nitrogens with one attached hydrogen (secondary N) is 1. The lowest BCUT2D eigenvalue weighted by Gasteiger charge is -2.13. The molecule has 0 saturated carbocycles. The van der Waals surface area contributed by atoms with Crippen molar-refractivity contribution in [3.63, 3.8) is 0 Å². The molecule has 2 aromatic rings. The van der Waals surface area contributed by atoms with Crippen molar-refractivity contribution in [2.75, 3.05) is 24.3 Å². The summed E-state index contributed by atoms with van der Waals surface area (Å²) >= 11 is 0. The van der Waals surface area contributed by atoms with Crippen molar-refractivity contribution >= 4 is 17.5 Å². The molecule has 1 N–H and O–H groups in total. The Labute approximate surface area is 125 Å². The summed E-state index contributed by atoms with van der Waals surface area (Å²) in [5.41, 5.74) is 4.16. The number of benzene rings is 1. The minimum Gasteiger partial charge on any atom is -0.347 e. The zero-order valence-electron chi connectivity index (χ0n) is 13.1. The second kappa shape index (κ2) is 5.91. The van der Waals surface area contributed by atoms with E-state index in [0.29, 0.717) is 17.2 Å². The molecule has 5 heteroatoms. The number of amides is 1. The van der Waals surface area contributed by atoms with E-state index in [1.807, 2.05) is 53.1 Å². The Morgan fingerprint density at radius 3 is 2.48 bits per heavy atom. The highest BCUT2D eigenvalue weighted by molar-refractivity contribution is 6.05. The van der Waals surface area contributed by atoms with Crippen molar-refractivity contribution in [2.24, 2.45) is 0 Å². The van der Waals surface area contributed by atoms with Crippen LogP contribution in [0.15, 0.2) is 24.4 Å². The Kier molecular flexibility index (Phi) is 4.21. The quantitative estimate of drug-likeness (QED) is 0.941. The molecule has 0 aliphatic carbocycles. The number of rotatable bonds is 3. The van der Waals surface area contributed by atoms with Crippen molar-refractivity contribution in [2.45, 2.75) is 20.8 Å². The Morgan fingerprint density at radius 1 is 1.19 bits per heavy atom. The van der Waals surface area contributed by atoms with Crippen molar-refractivity contribution in [3.8, 4) is 0 Å². The van der Waals surface area contributed by atoms with Gasteiger partial charge in [0, 0.05) is 26.0 Å². The third-order valence-electron chi connectivity index (χ3n) is 3.24. The molecule has 2 rings (SSSR count). The van der Waals surface area contributed by atoms with Crippen LogP contribution in [0, 0.1) is 20.8 Å². The van der Waals surface area contributed by atoms with Crippen LogP contribution in [0.2, 0.25) is 0 Å². The maximum absolute atomic E-state index is 12.3. The van der Waals surface area contributed by atoms with E-state index in [-0.39, 0.29) is 5.91 Å². The number of aromatic nitrogens is 2. The Balaban J connectivity index is 2.24. The minimum atomic E-state index is -0.190. The van der Waals surface area contributed by atoms with E-state index in [2.05, 4.69) is 15.3 Å². The summed E-state index contributed by atoms with van der Waals surface area (Å²) in [6.45, 7) is 5.81. The molecular formula is C16H20N4O. The summed E-state index contributed by atoms with van der Waals surface area (Å²) in [5.74, 6) is 0.403. The third kappa shape index (κ3) is 3.37. The maximum Gasteiger partial charge on any atom is 0.259 e. The SMILES string of the molecule is Cc1ccc(NC(=O)c2cnc(N(C)C)nc2C)c(C)c1. The smallest absolute Gasteiger partial charge is 0.259 e. The standard InChI is InChI=1S/C16H20N4O/c1-10-6-7-14(11(2)8-10)19-15(21)13-9-17-16(20(4)5)18-12(13)3/h6-9H,1-5H3,(H,19,21). The van der Waals surface area contributed by atoms with Gasteiger partial charge >= 0.3 is 0 Å². The van der Waals surface area contributed by atoms with Gasteiger partial charge in [-0.1, -0.05) is 17.7 Å². The van der Waals surface area contributed by atoms with Gasteiger partial charge in [-0.05, 0) is 32.4 Å². The number of carbonyl (C=O) groups is 1. The van der Waals surface area contributed by atoms with Crippen LogP contribution in [-0.4, -0.2) is 30.0 Å². The second-order valence-electron chi connectivity index (χ2n) is 5.34. The van der Waals surface area contributed by atoms with Gasteiger partial charge in [-0.2, -0.15) is 0 Å². The molecule has 110 valence electrons. The molecule has 0 saturated heterocycles. The van der Waals surface area contributed by atoms with Gasteiger partial charge in [-0.3, -0.25) is 4.79 Å². The van der Waals surface area contributed by atoms with Gasteiger partial charge in [0.15, 0.2) is 0 Å². The first kappa shape index (κ1) is 15.0. The number of anilines is 2. The second-order valence-corrected chi connectivity index (χ2v) is 5.34. The third-order valence-corrected chi connectivity index (χ3v) is 3.24. The minimum absolute atomic E-state index is 0.190. The van der Waals surface area contributed by atoms with Gasteiger partial charge in [0.05, 0.1) is 11.3 Å². The summed E-state index contributed by atoms with van der Waals surface area (Å²) in [5, 5.41) is 2.91. The first-order valence-electron chi connectivity index (χ1n) is 6.78. The van der Waals surface area contributed by atoms with E-state index in [4.69, 9.17) is 0 Å². The van der Waals surface area contributed by atoms with E-state index in [0.717, 1.165) is 11.3 Å². The number of hydrogen-bond acceptors (Lipinski definition) is 4. The van der Waals surface area contributed by atoms with Crippen LogP contribution in [0.3, 0.4) is 0 Å². The molecule has 1 aromatic carbocycles. The summed E-state index contributed by atoms with van der Waals surface area (Å²) in [7, 11) is 3.73. The molecule has 1 heterocycles. The molecule has 0 aliphatic heterocycles. The lowest BCUT2D eigenvalue weighted by molar-refractivity contribution is 0.102. The van der Waals surface area contributed by atoms with Gasteiger partial charge in [0.1, 0.15) is 0 Å². The van der Waals surface area contributed by atoms with E-state index in [1.54, 1.807) is 11.1 Å². The van der Waals surface area contributed by atoms with Crippen LogP contribution in [0.1, 0.15) is 27.2 Å². The highest BCUT2D eigenvalue weighted by Gasteiger charge is 2.13. The molecule has 0 atom stereocenters. The highest BCUT2D eigenvalue weighted by Crippen LogP contribution is 2.18. The van der Waals surface area contributed by atoms with Crippen molar-refractivity contribution in [1.82, 2.24) is 9.97 Å². The molecule has 1 amide bonds. The van der Waals surface area contributed by atoms with E-state index in [1.165, 1.54) is 5.56 Å². The van der Waals surface area contributed by atoms with Gasteiger partial charge in [0.2, 0.25) is 5.95 Å². The first-order valence-corrected chi connectivity index (χ1v) is 6.78. The molecule has 0 unspecified atom stereocenters. The molecule has 21 heavy (non-hydrogen) atoms. The lowest BCUT2D eigenvalue weighted by atomic mass is 10.1. The zero-order valence-corrected chi connectivity index (χ0v) is 13.1. The largest absolute Gasteiger partial charge is 0.347 e. The fraction of sp³-hybridized carbons (Fsp3) is 0.312. The predicted octanol–water partition coefficient (Wildman–Crippen LogP) is 2.72. The molecule has 1 aromatic heterocycles. The first-order chi connectivity index (χ1) is 9.88. The Bertz CT molecular complexity index is 680. The molecule has 0 spiro atoms. The van der Waals surface area contributed by atoms with Crippen LogP contribution in [0.5, 0.6) is 0 Å². The van der Waals surface area contributed by atoms with Gasteiger partial charge in [0.25, 0.3) is 5.91 Å². The lowest BCUT2D eigenvalue weighted by Crippen LogP contribution is -2.18. The summed E-state index contributed by atoms with van der Waals surface area (Å²) in [6.07, 6.45) is 1.57. The van der Waals surface area contributed by atoms with Gasteiger partial charge in [-0.15, -0.1) is 0 Å². The summed E-state index contributed by atoms with van der Waals surface area (Å²) in [4.78, 5) is 22.7. The number of hydrogen-bond donors (Lipinski definition) is 1. The number of aryl methyl sites for hydroxylation is 3. The predicted molar refractivity (Wildman–Crippen MR) is 85.0 cm³/mol. The van der Waals surface area contributed by atoms with Crippen LogP contribution >= 0.6 is 0 Å². The number of carbonyl (C=O) groups excluding carboxylic acids is 1. The van der Waals surface area contributed by atoms with Crippen molar-refractivity contribution in [3.05, 3.63) is 46.8 Å². The van der Waals surface area contributed by atoms with Gasteiger partial charge in [-0.25, -0.2) is 9.97 Å². The topological polar surface area (TPSA) is 58.1 Å². The molecule has 5 nitrogen and oxygen atoms in total. The van der Waals surface area contributed by atoms with E-state index < -0.39 is 0 Å². The molecular weight excluding hydrogens is 264 g/mol. The van der Waals surface area contributed by atoms with Crippen LogP contribution in [-0.2, 0) is 0 Å². The average molecular weight is 284 g/mol. The van der Waals surface area contributed by atoms with Gasteiger partial charge < -0.3 is 10.2 Å². The molecule has 0 aliphatic rings. The zero-order chi connectivity index (χ0) is 15.6. The van der Waals surface area contributed by atoms with Crippen molar-refractivity contribution in [1.29, 1.82) is 0 Å². The fourth-order valence-corrected chi connectivity index (χ4v) is 2.04.